The fourth-order valence-electron chi connectivity index (χ4n) is 2.43. The first kappa shape index (κ1) is 11.8. The summed E-state index contributed by atoms with van der Waals surface area (Å²) in [6.07, 6.45) is 3.38. The summed E-state index contributed by atoms with van der Waals surface area (Å²) in [6.45, 7) is 0. The first-order valence-electron chi connectivity index (χ1n) is 5.74. The van der Waals surface area contributed by atoms with Crippen LogP contribution in [0, 0.1) is 17.5 Å². The van der Waals surface area contributed by atoms with E-state index in [4.69, 9.17) is 11.6 Å². The summed E-state index contributed by atoms with van der Waals surface area (Å²) < 4.78 is 40.2. The smallest absolute Gasteiger partial charge is 0.195 e. The van der Waals surface area contributed by atoms with E-state index >= 15 is 0 Å². The fourth-order valence-corrected chi connectivity index (χ4v) is 2.81. The highest BCUT2D eigenvalue weighted by Gasteiger charge is 2.22. The molecule has 2 aromatic rings. The Hall–Kier alpha value is -1.29. The van der Waals surface area contributed by atoms with Crippen LogP contribution < -0.4 is 0 Å². The number of hydrogen-bond donors (Lipinski definition) is 0. The Bertz CT molecular complexity index is 655. The maximum absolute atomic E-state index is 13.8. The number of fused-ring (bicyclic) bond motifs is 2. The molecule has 1 nitrogen and oxygen atoms in total. The summed E-state index contributed by atoms with van der Waals surface area (Å²) in [6, 6.07) is 0.897. The molecule has 0 radical (unpaired) electrons. The van der Waals surface area contributed by atoms with Crippen molar-refractivity contribution in [2.75, 3.05) is 0 Å². The molecular formula is C13H9ClF3N. The van der Waals surface area contributed by atoms with Crippen molar-refractivity contribution in [1.82, 2.24) is 4.98 Å². The van der Waals surface area contributed by atoms with Gasteiger partial charge in [0.2, 0.25) is 0 Å². The fraction of sp³-hybridized carbons (Fsp3) is 0.308. The van der Waals surface area contributed by atoms with Gasteiger partial charge in [0.25, 0.3) is 0 Å². The van der Waals surface area contributed by atoms with Crippen LogP contribution >= 0.6 is 11.6 Å². The lowest BCUT2D eigenvalue weighted by Gasteiger charge is -2.18. The number of halogens is 4. The monoisotopic (exact) mass is 271 g/mol. The van der Waals surface area contributed by atoms with Gasteiger partial charge in [0.15, 0.2) is 17.5 Å². The van der Waals surface area contributed by atoms with Crippen LogP contribution in [0.25, 0.3) is 10.9 Å². The zero-order chi connectivity index (χ0) is 12.9. The molecule has 1 aromatic carbocycles. The van der Waals surface area contributed by atoms with E-state index in [1.807, 2.05) is 0 Å². The van der Waals surface area contributed by atoms with Crippen molar-refractivity contribution in [3.8, 4) is 0 Å². The van der Waals surface area contributed by atoms with Gasteiger partial charge in [-0.15, -0.1) is 0 Å². The molecule has 0 unspecified atom stereocenters. The molecule has 0 saturated heterocycles. The number of benzene rings is 1. The van der Waals surface area contributed by atoms with Crippen molar-refractivity contribution in [3.05, 3.63) is 39.8 Å². The summed E-state index contributed by atoms with van der Waals surface area (Å²) in [5.41, 5.74) is 1.61. The van der Waals surface area contributed by atoms with Crippen molar-refractivity contribution in [1.29, 1.82) is 0 Å². The number of aryl methyl sites for hydroxylation is 1. The van der Waals surface area contributed by atoms with Gasteiger partial charge < -0.3 is 0 Å². The molecule has 0 aliphatic heterocycles. The lowest BCUT2D eigenvalue weighted by Crippen LogP contribution is -2.08. The van der Waals surface area contributed by atoms with Gasteiger partial charge in [0.1, 0.15) is 0 Å². The third kappa shape index (κ3) is 1.59. The van der Waals surface area contributed by atoms with Gasteiger partial charge in [-0.25, -0.2) is 13.2 Å². The molecule has 0 spiro atoms. The van der Waals surface area contributed by atoms with Gasteiger partial charge in [-0.3, -0.25) is 4.98 Å². The Kier molecular flexibility index (Phi) is 2.70. The molecule has 0 bridgehead atoms. The van der Waals surface area contributed by atoms with Crippen LogP contribution in [0.15, 0.2) is 6.07 Å². The van der Waals surface area contributed by atoms with Crippen LogP contribution in [0.3, 0.4) is 0 Å². The molecule has 0 saturated carbocycles. The van der Waals surface area contributed by atoms with Crippen LogP contribution in [-0.4, -0.2) is 4.98 Å². The Morgan fingerprint density at radius 2 is 1.78 bits per heavy atom. The van der Waals surface area contributed by atoms with E-state index in [0.29, 0.717) is 6.42 Å². The predicted molar refractivity (Wildman–Crippen MR) is 63.3 cm³/mol. The van der Waals surface area contributed by atoms with Gasteiger partial charge in [-0.05, 0) is 31.2 Å². The maximum atomic E-state index is 13.8. The van der Waals surface area contributed by atoms with E-state index in [1.165, 1.54) is 0 Å². The van der Waals surface area contributed by atoms with E-state index in [9.17, 15) is 13.2 Å². The second-order valence-corrected chi connectivity index (χ2v) is 4.82. The van der Waals surface area contributed by atoms with E-state index in [2.05, 4.69) is 4.98 Å². The predicted octanol–water partition coefficient (Wildman–Crippen LogP) is 4.18. The number of nitrogens with zero attached hydrogens (tertiary/aromatic N) is 1. The van der Waals surface area contributed by atoms with Crippen LogP contribution in [-0.2, 0) is 12.8 Å². The molecule has 1 aromatic heterocycles. The van der Waals surface area contributed by atoms with Gasteiger partial charge in [0.05, 0.1) is 15.9 Å². The Labute approximate surface area is 107 Å². The van der Waals surface area contributed by atoms with Crippen molar-refractivity contribution < 1.29 is 13.2 Å². The highest BCUT2D eigenvalue weighted by molar-refractivity contribution is 6.36. The SMILES string of the molecule is Fc1cc2nc3c(c(Cl)c2c(F)c1F)CCCC3. The van der Waals surface area contributed by atoms with Crippen LogP contribution in [0.5, 0.6) is 0 Å². The quantitative estimate of drug-likeness (QED) is 0.655. The van der Waals surface area contributed by atoms with Gasteiger partial charge in [-0.2, -0.15) is 0 Å². The van der Waals surface area contributed by atoms with Gasteiger partial charge in [-0.1, -0.05) is 11.6 Å². The van der Waals surface area contributed by atoms with Crippen molar-refractivity contribution in [3.63, 3.8) is 0 Å². The minimum atomic E-state index is -1.50. The van der Waals surface area contributed by atoms with Crippen molar-refractivity contribution in [2.45, 2.75) is 25.7 Å². The summed E-state index contributed by atoms with van der Waals surface area (Å²) >= 11 is 6.12. The van der Waals surface area contributed by atoms with Gasteiger partial charge in [0, 0.05) is 11.8 Å². The Balaban J connectivity index is 2.43. The average molecular weight is 272 g/mol. The van der Waals surface area contributed by atoms with Gasteiger partial charge >= 0.3 is 0 Å². The minimum absolute atomic E-state index is 0.0806. The lowest BCUT2D eigenvalue weighted by molar-refractivity contribution is 0.453. The van der Waals surface area contributed by atoms with Crippen molar-refractivity contribution in [2.24, 2.45) is 0 Å². The number of pyridine rings is 1. The van der Waals surface area contributed by atoms with Crippen LogP contribution in [0.2, 0.25) is 5.02 Å². The molecule has 1 heterocycles. The molecule has 0 fully saturated rings. The molecule has 3 rings (SSSR count). The van der Waals surface area contributed by atoms with E-state index in [-0.39, 0.29) is 15.9 Å². The molecule has 5 heteroatoms. The summed E-state index contributed by atoms with van der Waals surface area (Å²) in [5.74, 6) is -3.99. The van der Waals surface area contributed by atoms with Crippen LogP contribution in [0.4, 0.5) is 13.2 Å². The zero-order valence-corrected chi connectivity index (χ0v) is 10.1. The molecule has 1 aliphatic carbocycles. The number of hydrogen-bond acceptors (Lipinski definition) is 1. The maximum Gasteiger partial charge on any atom is 0.195 e. The Morgan fingerprint density at radius 3 is 2.56 bits per heavy atom. The normalized spacial score (nSPS) is 14.9. The highest BCUT2D eigenvalue weighted by Crippen LogP contribution is 2.35. The number of aromatic nitrogens is 1. The average Bonchev–Trinajstić information content (AvgIpc) is 2.36. The Morgan fingerprint density at radius 1 is 1.06 bits per heavy atom. The third-order valence-corrected chi connectivity index (χ3v) is 3.74. The lowest BCUT2D eigenvalue weighted by atomic mass is 9.94. The van der Waals surface area contributed by atoms with E-state index in [1.54, 1.807) is 0 Å². The van der Waals surface area contributed by atoms with Crippen LogP contribution in [0.1, 0.15) is 24.1 Å². The molecule has 0 amide bonds. The summed E-state index contributed by atoms with van der Waals surface area (Å²) in [7, 11) is 0. The molecule has 0 atom stereocenters. The first-order chi connectivity index (χ1) is 8.59. The molecule has 18 heavy (non-hydrogen) atoms. The molecular weight excluding hydrogens is 263 g/mol. The largest absolute Gasteiger partial charge is 0.252 e. The van der Waals surface area contributed by atoms with Crippen molar-refractivity contribution >= 4 is 22.5 Å². The third-order valence-electron chi connectivity index (χ3n) is 3.32. The molecule has 94 valence electrons. The number of rotatable bonds is 0. The zero-order valence-electron chi connectivity index (χ0n) is 9.36. The summed E-state index contributed by atoms with van der Waals surface area (Å²) in [4.78, 5) is 4.21. The van der Waals surface area contributed by atoms with E-state index < -0.39 is 17.5 Å². The topological polar surface area (TPSA) is 12.9 Å². The molecule has 0 N–H and O–H groups in total. The minimum Gasteiger partial charge on any atom is -0.252 e. The second kappa shape index (κ2) is 4.12. The highest BCUT2D eigenvalue weighted by atomic mass is 35.5. The summed E-state index contributed by atoms with van der Waals surface area (Å²) in [5, 5.41) is 0.0577. The van der Waals surface area contributed by atoms with E-state index in [0.717, 1.165) is 36.6 Å². The molecule has 1 aliphatic rings. The second-order valence-electron chi connectivity index (χ2n) is 4.44. The standard InChI is InChI=1S/C13H9ClF3N/c14-11-6-3-1-2-4-8(6)18-9-5-7(15)12(16)13(17)10(9)11/h5H,1-4H2. The first-order valence-corrected chi connectivity index (χ1v) is 6.12.